The number of rotatable bonds is 14. The lowest BCUT2D eigenvalue weighted by Crippen LogP contribution is -2.60. The Morgan fingerprint density at radius 1 is 0.763 bits per heavy atom. The quantitative estimate of drug-likeness (QED) is 0.0235. The molecule has 25 nitrogen and oxygen atoms in total. The number of nitrogens with two attached hydrogens (primary N) is 1. The molecule has 0 radical (unpaired) electrons. The summed E-state index contributed by atoms with van der Waals surface area (Å²) in [6.45, 7) is 4.92. The van der Waals surface area contributed by atoms with Gasteiger partial charge in [-0.25, -0.2) is 9.78 Å². The zero-order chi connectivity index (χ0) is 55.1. The lowest BCUT2D eigenvalue weighted by atomic mass is 10.0. The first-order valence-electron chi connectivity index (χ1n) is 24.3. The maximum atomic E-state index is 14.6. The number of nitrogens with zero attached hydrogens (tertiary/aromatic N) is 2. The minimum Gasteiger partial charge on any atom is -0.370 e. The van der Waals surface area contributed by atoms with E-state index in [1.165, 1.54) is 40.2 Å². The summed E-state index contributed by atoms with van der Waals surface area (Å²) >= 11 is 0. The Bertz CT molecular complexity index is 2790. The third-order valence-corrected chi connectivity index (χ3v) is 14.8. The van der Waals surface area contributed by atoms with Gasteiger partial charge < -0.3 is 63.6 Å². The molecule has 0 bridgehead atoms. The standard InChI is InChI=1S/C49H63N15O10S2/c1-26-40(67)59-36(19-30-21-52-25-55-30)44(71)60-34(17-28-11-6-5-7-12-28)42(69)58-33(15-10-16-53-47(50)51)41(68)61-35(18-29-20-54-32-14-9-8-13-31(29)32)43(70)62-37(27(2)65)23-75-76-24-38(45(72)56-26)57-39(66)22-64-46(73)49(3,4)63-48(64)74/h5-9,11-14,20-21,25-26,33-38,54H,10,15-19,22-24H2,1-4H3,(H,52,55)(H,56,72)(H,57,66)(H,58,69)(H,59,67)(H,60,71)(H,61,68)(H,62,70)(H,63,74)(H4,50,51,53)/t26-,33+,34-,35+,36+,37+,38+/m1/s1. The molecule has 2 aromatic carbocycles. The molecule has 2 saturated heterocycles. The number of ketones is 1. The number of benzene rings is 2. The summed E-state index contributed by atoms with van der Waals surface area (Å²) in [5.74, 6) is -7.49. The molecule has 2 aromatic heterocycles. The van der Waals surface area contributed by atoms with Crippen molar-refractivity contribution in [3.8, 4) is 0 Å². The van der Waals surface area contributed by atoms with E-state index in [-0.39, 0.29) is 56.1 Å². The first-order chi connectivity index (χ1) is 36.2. The lowest BCUT2D eigenvalue weighted by Gasteiger charge is -2.27. The van der Waals surface area contributed by atoms with Crippen LogP contribution in [0.25, 0.3) is 10.9 Å². The molecule has 76 heavy (non-hydrogen) atoms. The summed E-state index contributed by atoms with van der Waals surface area (Å²) in [4.78, 5) is 149. The normalized spacial score (nSPS) is 23.5. The molecule has 0 unspecified atom stereocenters. The van der Waals surface area contributed by atoms with Crippen LogP contribution in [-0.2, 0) is 62.4 Å². The highest BCUT2D eigenvalue weighted by Crippen LogP contribution is 2.25. The molecule has 2 fully saturated rings. The molecule has 4 aromatic rings. The number of aromatic nitrogens is 3. The van der Waals surface area contributed by atoms with Gasteiger partial charge in [-0.2, -0.15) is 0 Å². The number of carbonyl (C=O) groups is 10. The number of nitrogens with one attached hydrogen (secondary N) is 12. The molecule has 0 spiro atoms. The van der Waals surface area contributed by atoms with Crippen LogP contribution in [0.2, 0.25) is 0 Å². The van der Waals surface area contributed by atoms with Crippen LogP contribution in [0.1, 0.15) is 57.4 Å². The third-order valence-electron chi connectivity index (χ3n) is 12.4. The molecule has 4 heterocycles. The minimum atomic E-state index is -1.41. The summed E-state index contributed by atoms with van der Waals surface area (Å²) in [5, 5.41) is 32.4. The average molecular weight is 1090 g/mol. The van der Waals surface area contributed by atoms with Gasteiger partial charge in [-0.15, -0.1) is 0 Å². The van der Waals surface area contributed by atoms with Crippen LogP contribution in [-0.4, -0.2) is 157 Å². The van der Waals surface area contributed by atoms with E-state index in [2.05, 4.69) is 62.8 Å². The van der Waals surface area contributed by atoms with E-state index < -0.39 is 113 Å². The number of amides is 10. The first kappa shape index (κ1) is 57.3. The van der Waals surface area contributed by atoms with Gasteiger partial charge in [0.15, 0.2) is 11.7 Å². The predicted molar refractivity (Wildman–Crippen MR) is 283 cm³/mol. The molecule has 7 atom stereocenters. The van der Waals surface area contributed by atoms with E-state index in [9.17, 15) is 47.9 Å². The van der Waals surface area contributed by atoms with Crippen molar-refractivity contribution < 1.29 is 47.9 Å². The maximum absolute atomic E-state index is 14.6. The fourth-order valence-electron chi connectivity index (χ4n) is 8.20. The van der Waals surface area contributed by atoms with Crippen LogP contribution < -0.4 is 53.6 Å². The van der Waals surface area contributed by atoms with Gasteiger partial charge in [-0.3, -0.25) is 53.5 Å². The molecule has 6 rings (SSSR count). The molecule has 406 valence electrons. The van der Waals surface area contributed by atoms with Crippen molar-refractivity contribution in [1.29, 1.82) is 5.41 Å². The van der Waals surface area contributed by atoms with Gasteiger partial charge >= 0.3 is 6.03 Å². The van der Waals surface area contributed by atoms with Crippen LogP contribution in [0.5, 0.6) is 0 Å². The number of guanidine groups is 1. The average Bonchev–Trinajstić information content (AvgIpc) is 4.09. The topological polar surface area (TPSA) is 377 Å². The number of Topliss-reactive ketones (excluding diaryl/α,β-unsaturated/α-hetero) is 1. The van der Waals surface area contributed by atoms with E-state index in [0.717, 1.165) is 32.5 Å². The number of urea groups is 1. The third kappa shape index (κ3) is 16.0. The first-order valence-corrected chi connectivity index (χ1v) is 26.8. The molecule has 27 heteroatoms. The van der Waals surface area contributed by atoms with Crippen LogP contribution in [0.15, 0.2) is 73.3 Å². The Kier molecular flexibility index (Phi) is 20.0. The highest BCUT2D eigenvalue weighted by Gasteiger charge is 2.45. The van der Waals surface area contributed by atoms with Crippen molar-refractivity contribution in [2.24, 2.45) is 5.73 Å². The second-order valence-corrected chi connectivity index (χ2v) is 21.4. The van der Waals surface area contributed by atoms with Gasteiger partial charge in [0.05, 0.1) is 12.4 Å². The van der Waals surface area contributed by atoms with Crippen molar-refractivity contribution in [1.82, 2.24) is 67.7 Å². The molecular weight excluding hydrogens is 1020 g/mol. The Hall–Kier alpha value is -7.94. The van der Waals surface area contributed by atoms with E-state index >= 15 is 0 Å². The molecule has 10 amide bonds. The summed E-state index contributed by atoms with van der Waals surface area (Å²) in [7, 11) is 2.09. The number of fused-ring (bicyclic) bond motifs is 1. The van der Waals surface area contributed by atoms with Crippen molar-refractivity contribution in [3.05, 3.63) is 90.1 Å². The Morgan fingerprint density at radius 3 is 2.04 bits per heavy atom. The van der Waals surface area contributed by atoms with Gasteiger partial charge in [0, 0.05) is 66.3 Å². The number of imide groups is 1. The minimum absolute atomic E-state index is 0.0390. The van der Waals surface area contributed by atoms with E-state index in [4.69, 9.17) is 11.1 Å². The number of carbonyl (C=O) groups excluding carboxylic acids is 10. The Morgan fingerprint density at radius 2 is 1.38 bits per heavy atom. The second-order valence-electron chi connectivity index (χ2n) is 18.8. The van der Waals surface area contributed by atoms with Crippen LogP contribution in [0.4, 0.5) is 4.79 Å². The fourth-order valence-corrected chi connectivity index (χ4v) is 10.6. The van der Waals surface area contributed by atoms with E-state index in [1.54, 1.807) is 36.5 Å². The Labute approximate surface area is 445 Å². The van der Waals surface area contributed by atoms with Gasteiger partial charge in [0.2, 0.25) is 41.4 Å². The Balaban J connectivity index is 1.36. The zero-order valence-corrected chi connectivity index (χ0v) is 43.8. The van der Waals surface area contributed by atoms with E-state index in [0.29, 0.717) is 21.7 Å². The molecule has 14 N–H and O–H groups in total. The van der Waals surface area contributed by atoms with Gasteiger partial charge in [0.1, 0.15) is 48.3 Å². The SMILES string of the molecule is CC(=O)[C@@H]1CSSC[C@H](NC(=O)CN2C(=O)NC(C)(C)C2=O)C(=O)N[C@H](C)C(=O)N[C@@H](Cc2cnc[nH]2)C(=O)N[C@H](Cc2ccccc2)C(=O)N[C@@H](CCCNC(=N)N)C(=O)N[C@@H](Cc2c[nH]c3ccccc23)C(=O)N1. The summed E-state index contributed by atoms with van der Waals surface area (Å²) in [6, 6.07) is 5.81. The highest BCUT2D eigenvalue weighted by molar-refractivity contribution is 8.76. The summed E-state index contributed by atoms with van der Waals surface area (Å²) < 4.78 is 0. The second kappa shape index (κ2) is 26.5. The van der Waals surface area contributed by atoms with Crippen molar-refractivity contribution in [2.75, 3.05) is 24.6 Å². The number of hydrogen-bond donors (Lipinski definition) is 13. The summed E-state index contributed by atoms with van der Waals surface area (Å²) in [6.07, 6.45) is 4.31. The van der Waals surface area contributed by atoms with Gasteiger partial charge in [-0.1, -0.05) is 70.1 Å². The van der Waals surface area contributed by atoms with Crippen LogP contribution >= 0.6 is 21.6 Å². The highest BCUT2D eigenvalue weighted by atomic mass is 33.1. The van der Waals surface area contributed by atoms with Crippen molar-refractivity contribution in [3.63, 3.8) is 0 Å². The fraction of sp³-hybridized carbons (Fsp3) is 0.429. The predicted octanol–water partition coefficient (Wildman–Crippen LogP) is -1.09. The zero-order valence-electron chi connectivity index (χ0n) is 42.2. The molecule has 0 aliphatic carbocycles. The number of para-hydroxylation sites is 1. The number of hydrogen-bond acceptors (Lipinski definition) is 14. The molecule has 2 aliphatic rings. The lowest BCUT2D eigenvalue weighted by molar-refractivity contribution is -0.136. The smallest absolute Gasteiger partial charge is 0.325 e. The molecule has 2 aliphatic heterocycles. The van der Waals surface area contributed by atoms with Gasteiger partial charge in [-0.05, 0) is 57.7 Å². The summed E-state index contributed by atoms with van der Waals surface area (Å²) in [5.41, 5.74) is 6.67. The largest absolute Gasteiger partial charge is 0.370 e. The number of aromatic amines is 2. The van der Waals surface area contributed by atoms with Gasteiger partial charge in [0.25, 0.3) is 5.91 Å². The monoisotopic (exact) mass is 1090 g/mol. The number of H-pyrrole nitrogens is 2. The van der Waals surface area contributed by atoms with Crippen molar-refractivity contribution in [2.45, 2.75) is 108 Å². The molecule has 0 saturated carbocycles. The van der Waals surface area contributed by atoms with Crippen molar-refractivity contribution >= 4 is 97.5 Å². The molecular formula is C49H63N15O10S2. The number of imidazole rings is 1. The van der Waals surface area contributed by atoms with Crippen LogP contribution in [0, 0.1) is 5.41 Å². The maximum Gasteiger partial charge on any atom is 0.325 e. The van der Waals surface area contributed by atoms with E-state index in [1.807, 2.05) is 24.3 Å². The van der Waals surface area contributed by atoms with Crippen LogP contribution in [0.3, 0.4) is 0 Å².